The average molecular weight is 256 g/mol. The van der Waals surface area contributed by atoms with Crippen LogP contribution in [0.3, 0.4) is 0 Å². The van der Waals surface area contributed by atoms with Crippen LogP contribution in [0.2, 0.25) is 5.02 Å². The number of ether oxygens (including phenoxy) is 1. The van der Waals surface area contributed by atoms with Gasteiger partial charge in [0.25, 0.3) is 0 Å². The highest BCUT2D eigenvalue weighted by atomic mass is 35.5. The van der Waals surface area contributed by atoms with Crippen LogP contribution in [-0.2, 0) is 4.74 Å². The first-order valence-corrected chi connectivity index (χ1v) is 4.78. The van der Waals surface area contributed by atoms with Gasteiger partial charge in [-0.1, -0.05) is 11.6 Å². The second kappa shape index (κ2) is 4.02. The Balaban J connectivity index is 2.79. The number of halogens is 1. The molecule has 17 heavy (non-hydrogen) atoms. The van der Waals surface area contributed by atoms with Gasteiger partial charge in [-0.25, -0.2) is 19.1 Å². The van der Waals surface area contributed by atoms with Crippen LogP contribution in [0.25, 0.3) is 5.65 Å². The Morgan fingerprint density at radius 2 is 2.24 bits per heavy atom. The van der Waals surface area contributed by atoms with Crippen molar-refractivity contribution in [3.8, 4) is 0 Å². The Kier molecular flexibility index (Phi) is 2.68. The van der Waals surface area contributed by atoms with E-state index in [9.17, 15) is 9.59 Å². The van der Waals surface area contributed by atoms with E-state index in [0.717, 1.165) is 10.6 Å². The lowest BCUT2D eigenvalue weighted by atomic mass is 10.3. The SMILES string of the molecule is COC(=O)c1cc(C(=O)O)nc2c(Cl)cnn12. The highest BCUT2D eigenvalue weighted by molar-refractivity contribution is 6.33. The third-order valence-electron chi connectivity index (χ3n) is 2.04. The van der Waals surface area contributed by atoms with Gasteiger partial charge < -0.3 is 9.84 Å². The number of carboxylic acids is 1. The number of carbonyl (C=O) groups excluding carboxylic acids is 1. The Morgan fingerprint density at radius 3 is 2.82 bits per heavy atom. The number of aromatic carboxylic acids is 1. The van der Waals surface area contributed by atoms with E-state index in [1.54, 1.807) is 0 Å². The van der Waals surface area contributed by atoms with Gasteiger partial charge in [0, 0.05) is 6.07 Å². The number of hydrogen-bond donors (Lipinski definition) is 1. The lowest BCUT2D eigenvalue weighted by molar-refractivity contribution is 0.0590. The predicted octanol–water partition coefficient (Wildman–Crippen LogP) is 0.867. The second-order valence-electron chi connectivity index (χ2n) is 3.05. The smallest absolute Gasteiger partial charge is 0.356 e. The van der Waals surface area contributed by atoms with Crippen LogP contribution in [-0.4, -0.2) is 38.8 Å². The molecule has 0 aliphatic carbocycles. The van der Waals surface area contributed by atoms with Crippen molar-refractivity contribution in [3.63, 3.8) is 0 Å². The van der Waals surface area contributed by atoms with E-state index in [-0.39, 0.29) is 22.1 Å². The van der Waals surface area contributed by atoms with E-state index in [1.807, 2.05) is 0 Å². The molecule has 2 aromatic rings. The summed E-state index contributed by atoms with van der Waals surface area (Å²) in [5, 5.41) is 12.8. The van der Waals surface area contributed by atoms with Gasteiger partial charge in [0.15, 0.2) is 17.0 Å². The molecule has 0 aliphatic heterocycles. The maximum atomic E-state index is 11.5. The Bertz CT molecular complexity index is 622. The van der Waals surface area contributed by atoms with Gasteiger partial charge in [-0.15, -0.1) is 0 Å². The molecule has 0 spiro atoms. The summed E-state index contributed by atoms with van der Waals surface area (Å²) >= 11 is 5.78. The molecule has 0 aliphatic rings. The molecule has 7 nitrogen and oxygen atoms in total. The number of methoxy groups -OCH3 is 1. The van der Waals surface area contributed by atoms with Gasteiger partial charge in [-0.05, 0) is 0 Å². The van der Waals surface area contributed by atoms with Crippen LogP contribution in [0.15, 0.2) is 12.3 Å². The number of fused-ring (bicyclic) bond motifs is 1. The predicted molar refractivity (Wildman–Crippen MR) is 56.3 cm³/mol. The Morgan fingerprint density at radius 1 is 1.53 bits per heavy atom. The van der Waals surface area contributed by atoms with Gasteiger partial charge in [-0.2, -0.15) is 5.10 Å². The topological polar surface area (TPSA) is 93.8 Å². The molecule has 0 aromatic carbocycles. The molecule has 0 saturated heterocycles. The minimum atomic E-state index is -1.27. The van der Waals surface area contributed by atoms with Gasteiger partial charge >= 0.3 is 11.9 Å². The van der Waals surface area contributed by atoms with Crippen molar-refractivity contribution in [1.82, 2.24) is 14.6 Å². The van der Waals surface area contributed by atoms with Crippen molar-refractivity contribution >= 4 is 29.2 Å². The van der Waals surface area contributed by atoms with Crippen LogP contribution in [0.5, 0.6) is 0 Å². The lowest BCUT2D eigenvalue weighted by Crippen LogP contribution is -2.13. The fraction of sp³-hybridized carbons (Fsp3) is 0.111. The van der Waals surface area contributed by atoms with Crippen molar-refractivity contribution in [1.29, 1.82) is 0 Å². The normalized spacial score (nSPS) is 10.5. The van der Waals surface area contributed by atoms with Crippen molar-refractivity contribution < 1.29 is 19.4 Å². The molecule has 0 atom stereocenters. The molecule has 0 bridgehead atoms. The summed E-state index contributed by atoms with van der Waals surface area (Å²) in [6.07, 6.45) is 1.27. The number of rotatable bonds is 2. The number of esters is 1. The van der Waals surface area contributed by atoms with E-state index in [2.05, 4.69) is 14.8 Å². The number of hydrogen-bond acceptors (Lipinski definition) is 5. The van der Waals surface area contributed by atoms with Crippen molar-refractivity contribution in [2.45, 2.75) is 0 Å². The molecule has 1 N–H and O–H groups in total. The first-order valence-electron chi connectivity index (χ1n) is 4.40. The van der Waals surface area contributed by atoms with Gasteiger partial charge in [0.1, 0.15) is 5.02 Å². The summed E-state index contributed by atoms with van der Waals surface area (Å²) in [4.78, 5) is 26.1. The molecule has 88 valence electrons. The highest BCUT2D eigenvalue weighted by Crippen LogP contribution is 2.17. The van der Waals surface area contributed by atoms with Gasteiger partial charge in [0.2, 0.25) is 0 Å². The van der Waals surface area contributed by atoms with E-state index < -0.39 is 11.9 Å². The van der Waals surface area contributed by atoms with Crippen LogP contribution in [0.1, 0.15) is 21.0 Å². The molecule has 2 aromatic heterocycles. The maximum Gasteiger partial charge on any atom is 0.356 e. The summed E-state index contributed by atoms with van der Waals surface area (Å²) < 4.78 is 5.65. The number of carbonyl (C=O) groups is 2. The van der Waals surface area contributed by atoms with E-state index >= 15 is 0 Å². The van der Waals surface area contributed by atoms with Crippen LogP contribution in [0.4, 0.5) is 0 Å². The van der Waals surface area contributed by atoms with E-state index in [1.165, 1.54) is 13.3 Å². The lowest BCUT2D eigenvalue weighted by Gasteiger charge is -2.03. The fourth-order valence-corrected chi connectivity index (χ4v) is 1.46. The zero-order valence-corrected chi connectivity index (χ0v) is 9.30. The Labute approximate surface area is 99.6 Å². The third kappa shape index (κ3) is 1.80. The Hall–Kier alpha value is -2.15. The summed E-state index contributed by atoms with van der Waals surface area (Å²) in [5.74, 6) is -1.99. The minimum Gasteiger partial charge on any atom is -0.477 e. The van der Waals surface area contributed by atoms with Crippen LogP contribution < -0.4 is 0 Å². The highest BCUT2D eigenvalue weighted by Gasteiger charge is 2.19. The fourth-order valence-electron chi connectivity index (χ4n) is 1.30. The average Bonchev–Trinajstić information content (AvgIpc) is 2.69. The first-order chi connectivity index (χ1) is 8.04. The molecule has 0 radical (unpaired) electrons. The minimum absolute atomic E-state index is 0.0539. The first kappa shape index (κ1) is 11.3. The zero-order chi connectivity index (χ0) is 12.6. The van der Waals surface area contributed by atoms with Gasteiger partial charge in [0.05, 0.1) is 13.3 Å². The molecule has 0 unspecified atom stereocenters. The van der Waals surface area contributed by atoms with Crippen LogP contribution >= 0.6 is 11.6 Å². The molecule has 2 rings (SSSR count). The number of carboxylic acid groups (broad SMARTS) is 1. The number of nitrogens with zero attached hydrogens (tertiary/aromatic N) is 3. The molecule has 2 heterocycles. The monoisotopic (exact) mass is 255 g/mol. The second-order valence-corrected chi connectivity index (χ2v) is 3.46. The zero-order valence-electron chi connectivity index (χ0n) is 8.55. The van der Waals surface area contributed by atoms with E-state index in [0.29, 0.717) is 0 Å². The summed E-state index contributed by atoms with van der Waals surface area (Å²) in [6, 6.07) is 1.07. The summed E-state index contributed by atoms with van der Waals surface area (Å²) in [6.45, 7) is 0. The summed E-state index contributed by atoms with van der Waals surface area (Å²) in [7, 11) is 1.18. The van der Waals surface area contributed by atoms with Crippen LogP contribution in [0, 0.1) is 0 Å². The van der Waals surface area contributed by atoms with Gasteiger partial charge in [-0.3, -0.25) is 0 Å². The molecule has 0 saturated carbocycles. The third-order valence-corrected chi connectivity index (χ3v) is 2.31. The molecular formula is C9H6ClN3O4. The largest absolute Gasteiger partial charge is 0.477 e. The van der Waals surface area contributed by atoms with Crippen molar-refractivity contribution in [2.24, 2.45) is 0 Å². The van der Waals surface area contributed by atoms with Crippen molar-refractivity contribution in [2.75, 3.05) is 7.11 Å². The maximum absolute atomic E-state index is 11.5. The standard InChI is InChI=1S/C9H6ClN3O4/c1-17-9(16)6-2-5(8(14)15)12-7-4(10)3-11-13(6)7/h2-3H,1H3,(H,14,15). The summed E-state index contributed by atoms with van der Waals surface area (Å²) in [5.41, 5.74) is -0.269. The molecule has 0 amide bonds. The molecule has 8 heteroatoms. The molecule has 0 fully saturated rings. The van der Waals surface area contributed by atoms with Crippen molar-refractivity contribution in [3.05, 3.63) is 28.7 Å². The number of aromatic nitrogens is 3. The van der Waals surface area contributed by atoms with E-state index in [4.69, 9.17) is 16.7 Å². The quantitative estimate of drug-likeness (QED) is 0.800. The molecular weight excluding hydrogens is 250 g/mol.